The summed E-state index contributed by atoms with van der Waals surface area (Å²) in [6.07, 6.45) is 7.63. The van der Waals surface area contributed by atoms with Gasteiger partial charge in [-0.05, 0) is 78.9 Å². The van der Waals surface area contributed by atoms with Gasteiger partial charge >= 0.3 is 5.97 Å². The molecule has 2 aliphatic carbocycles. The highest BCUT2D eigenvalue weighted by molar-refractivity contribution is 6.43. The number of aromatic nitrogens is 4. The van der Waals surface area contributed by atoms with Crippen LogP contribution in [0.25, 0.3) is 87.2 Å². The maximum Gasteiger partial charge on any atom is 0.303 e. The van der Waals surface area contributed by atoms with Gasteiger partial charge in [-0.15, -0.1) is 0 Å². The van der Waals surface area contributed by atoms with Crippen LogP contribution in [0.3, 0.4) is 0 Å². The number of amides is 5. The van der Waals surface area contributed by atoms with Crippen LogP contribution in [0, 0.1) is 0 Å². The lowest BCUT2D eigenvalue weighted by molar-refractivity contribution is -0.144. The maximum absolute atomic E-state index is 13.8. The van der Waals surface area contributed by atoms with E-state index >= 15 is 0 Å². The SMILES string of the molecule is CC(=O)O[C@@H]1C=CC(n2c3ccc(N)cc3c3c4c(c5c6cc(N)ccc6[nH]c5c32)C(=O)N(C(C)=O)C4=O)C1.Nc1ccc2[nH]c3c(c4c(c5c6cc(N)ccc6n(C6C=C[C@@H](O)C6)c35)C(=O)NC4=O)c2c1. The summed E-state index contributed by atoms with van der Waals surface area (Å²) in [4.78, 5) is 85.4. The van der Waals surface area contributed by atoms with Gasteiger partial charge in [-0.1, -0.05) is 18.2 Å². The third kappa shape index (κ3) is 5.80. The fourth-order valence-corrected chi connectivity index (χ4v) is 11.8. The van der Waals surface area contributed by atoms with Crippen LogP contribution < -0.4 is 28.3 Å². The number of nitrogens with two attached hydrogens (primary N) is 4. The van der Waals surface area contributed by atoms with Gasteiger partial charge in [0.05, 0.1) is 62.5 Å². The number of benzene rings is 6. The number of H-pyrrole nitrogens is 2. The van der Waals surface area contributed by atoms with Crippen molar-refractivity contribution in [3.8, 4) is 0 Å². The molecule has 4 atom stereocenters. The molecule has 6 heterocycles. The van der Waals surface area contributed by atoms with Crippen LogP contribution in [0.2, 0.25) is 0 Å². The van der Waals surface area contributed by atoms with Gasteiger partial charge < -0.3 is 51.9 Å². The molecule has 0 radical (unpaired) electrons. The zero-order chi connectivity index (χ0) is 49.9. The Morgan fingerprint density at radius 2 is 1.01 bits per heavy atom. The molecule has 4 aromatic heterocycles. The standard InChI is InChI=1S/C29H23N5O5.C25H19N5O3/c1-12(35)33-28(37)24-22-18-9-14(30)3-7-20(18)32-26(22)27-23(25(24)29(33)38)19-10-15(31)4-8-21(19)34(27)16-5-6-17(11-16)39-13(2)36;26-10-1-5-16-14(7-10)18-20-21(25(33)29-24(20)32)19-15-8-11(27)2-6-17(15)30(23(19)22(18)28-16)12-3-4-13(31)9-12/h3-10,16-17,32H,11,30-31H2,1-2H3;1-8,12-13,28,31H,9,26-27H2,(H,29,32,33)/t16?,17-;12?,13-/m11/s1. The number of imide groups is 4. The number of nitrogens with one attached hydrogen (secondary N) is 3. The molecule has 0 saturated carbocycles. The van der Waals surface area contributed by atoms with Crippen LogP contribution in [0.15, 0.2) is 97.1 Å². The minimum atomic E-state index is -0.672. The average Bonchev–Trinajstić information content (AvgIpc) is 4.22. The van der Waals surface area contributed by atoms with Crippen LogP contribution in [0.1, 0.15) is 80.2 Å². The Balaban J connectivity index is 0.000000142. The molecule has 4 aliphatic rings. The van der Waals surface area contributed by atoms with Crippen molar-refractivity contribution in [2.24, 2.45) is 0 Å². The second-order valence-corrected chi connectivity index (χ2v) is 18.9. The van der Waals surface area contributed by atoms with E-state index in [1.54, 1.807) is 36.4 Å². The van der Waals surface area contributed by atoms with Crippen LogP contribution in [-0.2, 0) is 14.3 Å². The maximum atomic E-state index is 13.8. The summed E-state index contributed by atoms with van der Waals surface area (Å²) in [6, 6.07) is 21.5. The second-order valence-electron chi connectivity index (χ2n) is 18.9. The molecule has 18 nitrogen and oxygen atoms in total. The van der Waals surface area contributed by atoms with Crippen molar-refractivity contribution in [1.82, 2.24) is 29.3 Å². The van der Waals surface area contributed by atoms with E-state index in [1.165, 1.54) is 13.8 Å². The molecule has 0 bridgehead atoms. The molecule has 0 spiro atoms. The van der Waals surface area contributed by atoms with E-state index in [9.17, 15) is 33.9 Å². The van der Waals surface area contributed by atoms with E-state index < -0.39 is 41.7 Å². The van der Waals surface area contributed by atoms with Crippen molar-refractivity contribution in [3.05, 3.63) is 119 Å². The van der Waals surface area contributed by atoms with E-state index in [4.69, 9.17) is 27.7 Å². The first-order chi connectivity index (χ1) is 34.6. The predicted octanol–water partition coefficient (Wildman–Crippen LogP) is 7.51. The quantitative estimate of drug-likeness (QED) is 0.0370. The van der Waals surface area contributed by atoms with Crippen molar-refractivity contribution < 1.29 is 38.6 Å². The topological polar surface area (TPSA) is 293 Å². The lowest BCUT2D eigenvalue weighted by atomic mass is 9.96. The molecular formula is C54H42N10O8. The molecule has 0 fully saturated rings. The van der Waals surface area contributed by atoms with Crippen molar-refractivity contribution in [2.75, 3.05) is 22.9 Å². The van der Waals surface area contributed by atoms with Gasteiger partial charge in [-0.25, -0.2) is 4.90 Å². The highest BCUT2D eigenvalue weighted by atomic mass is 16.5. The Labute approximate surface area is 405 Å². The van der Waals surface area contributed by atoms with Crippen molar-refractivity contribution in [1.29, 1.82) is 0 Å². The van der Waals surface area contributed by atoms with Gasteiger partial charge in [0.25, 0.3) is 23.6 Å². The monoisotopic (exact) mass is 958 g/mol. The van der Waals surface area contributed by atoms with Crippen molar-refractivity contribution >= 4 is 145 Å². The Kier molecular flexibility index (Phi) is 8.77. The number of aliphatic hydroxyl groups is 1. The predicted molar refractivity (Wildman–Crippen MR) is 275 cm³/mol. The van der Waals surface area contributed by atoms with E-state index in [0.29, 0.717) is 95.0 Å². The first-order valence-corrected chi connectivity index (χ1v) is 23.2. The van der Waals surface area contributed by atoms with Crippen LogP contribution >= 0.6 is 0 Å². The number of nitrogens with zero attached hydrogens (tertiary/aromatic N) is 3. The van der Waals surface area contributed by atoms with Gasteiger partial charge in [0.2, 0.25) is 5.91 Å². The molecule has 6 aromatic carbocycles. The zero-order valence-corrected chi connectivity index (χ0v) is 38.4. The molecule has 12 N–H and O–H groups in total. The number of hydrogen-bond donors (Lipinski definition) is 8. The van der Waals surface area contributed by atoms with Gasteiger partial charge in [0.15, 0.2) is 0 Å². The highest BCUT2D eigenvalue weighted by Crippen LogP contribution is 2.49. The normalized spacial score (nSPS) is 19.3. The van der Waals surface area contributed by atoms with Crippen molar-refractivity contribution in [2.45, 2.75) is 51.0 Å². The Morgan fingerprint density at radius 3 is 1.51 bits per heavy atom. The number of hydrogen-bond acceptors (Lipinski definition) is 12. The van der Waals surface area contributed by atoms with Gasteiger partial charge in [0.1, 0.15) is 6.10 Å². The van der Waals surface area contributed by atoms with E-state index in [-0.39, 0.29) is 29.2 Å². The first-order valence-electron chi connectivity index (χ1n) is 23.2. The third-order valence-electron chi connectivity index (χ3n) is 14.5. The summed E-state index contributed by atoms with van der Waals surface area (Å²) in [5.74, 6) is -3.22. The molecule has 2 aliphatic heterocycles. The first kappa shape index (κ1) is 42.7. The number of rotatable bonds is 3. The molecule has 0 saturated heterocycles. The fourth-order valence-electron chi connectivity index (χ4n) is 11.8. The summed E-state index contributed by atoms with van der Waals surface area (Å²) < 4.78 is 9.67. The smallest absolute Gasteiger partial charge is 0.303 e. The number of allylic oxidation sites excluding steroid dienone is 2. The molecule has 5 amide bonds. The number of aliphatic hydroxyl groups excluding tert-OH is 1. The van der Waals surface area contributed by atoms with Crippen LogP contribution in [0.4, 0.5) is 22.7 Å². The number of nitrogen functional groups attached to an aromatic ring is 4. The molecule has 10 aromatic rings. The molecule has 14 rings (SSSR count). The molecule has 18 heteroatoms. The van der Waals surface area contributed by atoms with E-state index in [1.807, 2.05) is 60.7 Å². The fraction of sp³-hybridized carbons (Fsp3) is 0.148. The molecule has 356 valence electrons. The van der Waals surface area contributed by atoms with Crippen LogP contribution in [-0.4, -0.2) is 76.8 Å². The minimum absolute atomic E-state index is 0.124. The number of esters is 1. The third-order valence-corrected chi connectivity index (χ3v) is 14.5. The molecule has 72 heavy (non-hydrogen) atoms. The Morgan fingerprint density at radius 1 is 0.569 bits per heavy atom. The minimum Gasteiger partial charge on any atom is -0.458 e. The summed E-state index contributed by atoms with van der Waals surface area (Å²) >= 11 is 0. The summed E-state index contributed by atoms with van der Waals surface area (Å²) in [5, 5.41) is 18.0. The highest BCUT2D eigenvalue weighted by Gasteiger charge is 2.44. The zero-order valence-electron chi connectivity index (χ0n) is 38.4. The molecule has 2 unspecified atom stereocenters. The van der Waals surface area contributed by atoms with Crippen LogP contribution in [0.5, 0.6) is 0 Å². The van der Waals surface area contributed by atoms with E-state index in [2.05, 4.69) is 24.4 Å². The number of ether oxygens (including phenoxy) is 1. The van der Waals surface area contributed by atoms with Gasteiger partial charge in [-0.2, -0.15) is 0 Å². The number of carbonyl (C=O) groups is 6. The summed E-state index contributed by atoms with van der Waals surface area (Å²) in [5.41, 5.74) is 33.8. The second kappa shape index (κ2) is 14.8. The summed E-state index contributed by atoms with van der Waals surface area (Å²) in [7, 11) is 0. The Bertz CT molecular complexity index is 4320. The lowest BCUT2D eigenvalue weighted by Crippen LogP contribution is -2.34. The van der Waals surface area contributed by atoms with Gasteiger partial charge in [-0.3, -0.25) is 34.1 Å². The summed E-state index contributed by atoms with van der Waals surface area (Å²) in [6.45, 7) is 2.57. The number of carbonyl (C=O) groups excluding carboxylic acids is 6. The van der Waals surface area contributed by atoms with Crippen molar-refractivity contribution in [3.63, 3.8) is 0 Å². The van der Waals surface area contributed by atoms with E-state index in [0.717, 1.165) is 43.9 Å². The Hall–Kier alpha value is -9.42. The largest absolute Gasteiger partial charge is 0.458 e. The van der Waals surface area contributed by atoms with Gasteiger partial charge in [0, 0.05) is 115 Å². The average molecular weight is 959 g/mol. The number of aromatic amines is 2. The number of fused-ring (bicyclic) bond motifs is 20. The molecular weight excluding hydrogens is 917 g/mol. The number of anilines is 4. The lowest BCUT2D eigenvalue weighted by Gasteiger charge is -2.17.